The van der Waals surface area contributed by atoms with Gasteiger partial charge in [0.15, 0.2) is 5.69 Å². The van der Waals surface area contributed by atoms with Gasteiger partial charge < -0.3 is 10.1 Å². The van der Waals surface area contributed by atoms with Crippen LogP contribution in [0.1, 0.15) is 17.4 Å². The van der Waals surface area contributed by atoms with Crippen LogP contribution in [0.4, 0.5) is 5.69 Å². The van der Waals surface area contributed by atoms with Gasteiger partial charge in [0.1, 0.15) is 0 Å². The van der Waals surface area contributed by atoms with Crippen molar-refractivity contribution in [3.8, 4) is 0 Å². The van der Waals surface area contributed by atoms with E-state index in [0.717, 1.165) is 0 Å². The molecule has 0 aliphatic rings. The van der Waals surface area contributed by atoms with E-state index >= 15 is 0 Å². The first kappa shape index (κ1) is 10.2. The fourth-order valence-corrected chi connectivity index (χ4v) is 1.02. The van der Waals surface area contributed by atoms with E-state index in [-0.39, 0.29) is 11.6 Å². The van der Waals surface area contributed by atoms with Crippen LogP contribution in [-0.2, 0) is 16.6 Å². The Morgan fingerprint density at radius 2 is 2.21 bits per heavy atom. The lowest BCUT2D eigenvalue weighted by Crippen LogP contribution is -2.10. The predicted octanol–water partition coefficient (Wildman–Crippen LogP) is 0.165. The van der Waals surface area contributed by atoms with Gasteiger partial charge >= 0.3 is 5.97 Å². The van der Waals surface area contributed by atoms with Crippen molar-refractivity contribution >= 4 is 17.6 Å². The Kier molecular flexibility index (Phi) is 2.85. The Balaban J connectivity index is 3.02. The van der Waals surface area contributed by atoms with Crippen molar-refractivity contribution in [1.29, 1.82) is 0 Å². The summed E-state index contributed by atoms with van der Waals surface area (Å²) in [4.78, 5) is 22.0. The molecule has 6 nitrogen and oxygen atoms in total. The van der Waals surface area contributed by atoms with Crippen LogP contribution >= 0.6 is 0 Å². The van der Waals surface area contributed by atoms with Crippen molar-refractivity contribution in [3.05, 3.63) is 11.9 Å². The molecule has 0 aliphatic heterocycles. The SMILES string of the molecule is COC(=O)c1nn(C)cc1NC(C)=O. The van der Waals surface area contributed by atoms with Gasteiger partial charge in [0.25, 0.3) is 0 Å². The Hall–Kier alpha value is -1.85. The molecular formula is C8H11N3O3. The Labute approximate surface area is 80.8 Å². The summed E-state index contributed by atoms with van der Waals surface area (Å²) in [7, 11) is 2.91. The standard InChI is InChI=1S/C8H11N3O3/c1-5(12)9-6-4-11(2)10-7(6)8(13)14-3/h4H,1-3H3,(H,9,12). The number of hydrogen-bond donors (Lipinski definition) is 1. The molecule has 1 N–H and O–H groups in total. The van der Waals surface area contributed by atoms with Gasteiger partial charge in [-0.15, -0.1) is 0 Å². The number of aryl methyl sites for hydroxylation is 1. The number of nitrogens with zero attached hydrogens (tertiary/aromatic N) is 2. The van der Waals surface area contributed by atoms with Crippen molar-refractivity contribution in [3.63, 3.8) is 0 Å². The van der Waals surface area contributed by atoms with Crippen molar-refractivity contribution < 1.29 is 14.3 Å². The van der Waals surface area contributed by atoms with Crippen LogP contribution < -0.4 is 5.32 Å². The molecule has 0 aromatic carbocycles. The van der Waals surface area contributed by atoms with Crippen molar-refractivity contribution in [2.75, 3.05) is 12.4 Å². The van der Waals surface area contributed by atoms with Crippen LogP contribution in [0.2, 0.25) is 0 Å². The topological polar surface area (TPSA) is 73.2 Å². The monoisotopic (exact) mass is 197 g/mol. The number of hydrogen-bond acceptors (Lipinski definition) is 4. The highest BCUT2D eigenvalue weighted by atomic mass is 16.5. The molecule has 0 atom stereocenters. The second-order valence-electron chi connectivity index (χ2n) is 2.74. The molecule has 76 valence electrons. The van der Waals surface area contributed by atoms with Gasteiger partial charge in [0.05, 0.1) is 12.8 Å². The smallest absolute Gasteiger partial charge is 0.360 e. The summed E-state index contributed by atoms with van der Waals surface area (Å²) in [5.74, 6) is -0.836. The summed E-state index contributed by atoms with van der Waals surface area (Å²) < 4.78 is 5.93. The van der Waals surface area contributed by atoms with E-state index in [1.54, 1.807) is 7.05 Å². The van der Waals surface area contributed by atoms with E-state index in [1.165, 1.54) is 24.9 Å². The molecule has 0 spiro atoms. The third kappa shape index (κ3) is 2.09. The zero-order chi connectivity index (χ0) is 10.7. The van der Waals surface area contributed by atoms with Gasteiger partial charge in [0.2, 0.25) is 5.91 Å². The zero-order valence-corrected chi connectivity index (χ0v) is 8.20. The van der Waals surface area contributed by atoms with Crippen molar-refractivity contribution in [2.45, 2.75) is 6.92 Å². The Morgan fingerprint density at radius 1 is 1.57 bits per heavy atom. The molecule has 1 aromatic heterocycles. The van der Waals surface area contributed by atoms with E-state index in [4.69, 9.17) is 0 Å². The lowest BCUT2D eigenvalue weighted by molar-refractivity contribution is -0.114. The molecule has 1 rings (SSSR count). The van der Waals surface area contributed by atoms with Crippen LogP contribution in [0.25, 0.3) is 0 Å². The molecule has 0 bridgehead atoms. The van der Waals surface area contributed by atoms with Gasteiger partial charge in [0, 0.05) is 20.2 Å². The molecule has 0 saturated heterocycles. The molecule has 1 amide bonds. The van der Waals surface area contributed by atoms with Crippen molar-refractivity contribution in [1.82, 2.24) is 9.78 Å². The highest BCUT2D eigenvalue weighted by Crippen LogP contribution is 2.13. The van der Waals surface area contributed by atoms with Gasteiger partial charge in [-0.1, -0.05) is 0 Å². The number of ether oxygens (including phenoxy) is 1. The number of carbonyl (C=O) groups excluding carboxylic acids is 2. The fourth-order valence-electron chi connectivity index (χ4n) is 1.02. The summed E-state index contributed by atoms with van der Waals surface area (Å²) in [5, 5.41) is 6.35. The van der Waals surface area contributed by atoms with Gasteiger partial charge in [-0.25, -0.2) is 4.79 Å². The van der Waals surface area contributed by atoms with E-state index in [0.29, 0.717) is 5.69 Å². The first-order valence-electron chi connectivity index (χ1n) is 3.94. The van der Waals surface area contributed by atoms with Gasteiger partial charge in [-0.2, -0.15) is 5.10 Å². The van der Waals surface area contributed by atoms with Crippen LogP contribution in [0, 0.1) is 0 Å². The third-order valence-electron chi connectivity index (χ3n) is 1.52. The third-order valence-corrected chi connectivity index (χ3v) is 1.52. The second kappa shape index (κ2) is 3.91. The van der Waals surface area contributed by atoms with Gasteiger partial charge in [-0.05, 0) is 0 Å². The van der Waals surface area contributed by atoms with E-state index < -0.39 is 5.97 Å². The highest BCUT2D eigenvalue weighted by Gasteiger charge is 2.16. The quantitative estimate of drug-likeness (QED) is 0.685. The Bertz CT molecular complexity index is 370. The van der Waals surface area contributed by atoms with Crippen molar-refractivity contribution in [2.24, 2.45) is 7.05 Å². The normalized spacial score (nSPS) is 9.64. The highest BCUT2D eigenvalue weighted by molar-refractivity contribution is 5.98. The van der Waals surface area contributed by atoms with E-state index in [2.05, 4.69) is 15.2 Å². The number of nitrogens with one attached hydrogen (secondary N) is 1. The maximum Gasteiger partial charge on any atom is 0.360 e. The largest absolute Gasteiger partial charge is 0.464 e. The average molecular weight is 197 g/mol. The first-order valence-corrected chi connectivity index (χ1v) is 3.94. The molecule has 0 aliphatic carbocycles. The molecular weight excluding hydrogens is 186 g/mol. The predicted molar refractivity (Wildman–Crippen MR) is 48.9 cm³/mol. The minimum absolute atomic E-state index is 0.102. The molecule has 0 fully saturated rings. The number of aromatic nitrogens is 2. The van der Waals surface area contributed by atoms with Crippen LogP contribution in [-0.4, -0.2) is 28.8 Å². The maximum absolute atomic E-state index is 11.2. The number of carbonyl (C=O) groups is 2. The molecule has 0 saturated carbocycles. The van der Waals surface area contributed by atoms with Gasteiger partial charge in [-0.3, -0.25) is 9.48 Å². The number of methoxy groups -OCH3 is 1. The lowest BCUT2D eigenvalue weighted by atomic mass is 10.3. The summed E-state index contributed by atoms with van der Waals surface area (Å²) in [6.07, 6.45) is 1.54. The van der Waals surface area contributed by atoms with Crippen LogP contribution in [0.5, 0.6) is 0 Å². The first-order chi connectivity index (χ1) is 6.54. The lowest BCUT2D eigenvalue weighted by Gasteiger charge is -1.99. The zero-order valence-electron chi connectivity index (χ0n) is 8.20. The molecule has 6 heteroatoms. The summed E-state index contributed by atoms with van der Waals surface area (Å²) in [6, 6.07) is 0. The van der Waals surface area contributed by atoms with Crippen LogP contribution in [0.15, 0.2) is 6.20 Å². The number of anilines is 1. The van der Waals surface area contributed by atoms with E-state index in [9.17, 15) is 9.59 Å². The second-order valence-corrected chi connectivity index (χ2v) is 2.74. The van der Waals surface area contributed by atoms with Crippen LogP contribution in [0.3, 0.4) is 0 Å². The molecule has 0 radical (unpaired) electrons. The molecule has 1 aromatic rings. The number of esters is 1. The number of amides is 1. The summed E-state index contributed by atoms with van der Waals surface area (Å²) in [6.45, 7) is 1.36. The minimum atomic E-state index is -0.575. The molecule has 14 heavy (non-hydrogen) atoms. The average Bonchev–Trinajstić information content (AvgIpc) is 2.44. The minimum Gasteiger partial charge on any atom is -0.464 e. The fraction of sp³-hybridized carbons (Fsp3) is 0.375. The summed E-state index contributed by atoms with van der Waals surface area (Å²) >= 11 is 0. The van der Waals surface area contributed by atoms with E-state index in [1.807, 2.05) is 0 Å². The maximum atomic E-state index is 11.2. The molecule has 0 unspecified atom stereocenters. The molecule has 1 heterocycles. The Morgan fingerprint density at radius 3 is 2.71 bits per heavy atom. The number of rotatable bonds is 2. The summed E-state index contributed by atoms with van der Waals surface area (Å²) in [5.41, 5.74) is 0.456.